The van der Waals surface area contributed by atoms with E-state index in [4.69, 9.17) is 0 Å². The van der Waals surface area contributed by atoms with Gasteiger partial charge in [0.15, 0.2) is 0 Å². The van der Waals surface area contributed by atoms with Crippen LogP contribution in [0, 0.1) is 0 Å². The maximum Gasteiger partial charge on any atom is 0.255 e. The van der Waals surface area contributed by atoms with Crippen molar-refractivity contribution in [3.05, 3.63) is 114 Å². The van der Waals surface area contributed by atoms with Crippen molar-refractivity contribution < 1.29 is 9.59 Å². The molecule has 5 rings (SSSR count). The lowest BCUT2D eigenvalue weighted by atomic mass is 10.2. The molecule has 0 unspecified atom stereocenters. The molecule has 6 nitrogen and oxygen atoms in total. The van der Waals surface area contributed by atoms with Gasteiger partial charge < -0.3 is 9.80 Å². The minimum Gasteiger partial charge on any atom is -0.337 e. The molecule has 1 aliphatic rings. The molecule has 2 amide bonds. The van der Waals surface area contributed by atoms with Crippen LogP contribution in [-0.2, 0) is 24.3 Å². The Morgan fingerprint density at radius 2 is 1.69 bits per heavy atom. The van der Waals surface area contributed by atoms with Crippen LogP contribution in [0.4, 0.5) is 5.69 Å². The first-order chi connectivity index (χ1) is 17.6. The first-order valence-electron chi connectivity index (χ1n) is 12.0. The van der Waals surface area contributed by atoms with Crippen LogP contribution < -0.4 is 4.90 Å². The first-order valence-corrected chi connectivity index (χ1v) is 13.0. The molecule has 0 bridgehead atoms. The highest BCUT2D eigenvalue weighted by atomic mass is 32.2. The predicted molar refractivity (Wildman–Crippen MR) is 143 cm³/mol. The number of aromatic nitrogens is 2. The minimum absolute atomic E-state index is 0.0615. The number of carbonyl (C=O) groups excluding carboxylic acids is 2. The third-order valence-corrected chi connectivity index (χ3v) is 7.36. The molecule has 4 aromatic rings. The number of benzene rings is 3. The van der Waals surface area contributed by atoms with Crippen molar-refractivity contribution in [1.82, 2.24) is 14.7 Å². The van der Waals surface area contributed by atoms with Crippen molar-refractivity contribution >= 4 is 29.3 Å². The summed E-state index contributed by atoms with van der Waals surface area (Å²) in [6, 6.07) is 25.7. The Kier molecular flexibility index (Phi) is 7.18. The largest absolute Gasteiger partial charge is 0.337 e. The number of nitrogens with zero attached hydrogens (tertiary/aromatic N) is 4. The van der Waals surface area contributed by atoms with Crippen LogP contribution in [0.1, 0.15) is 27.0 Å². The van der Waals surface area contributed by atoms with Gasteiger partial charge in [-0.1, -0.05) is 60.7 Å². The molecular weight excluding hydrogens is 468 g/mol. The van der Waals surface area contributed by atoms with E-state index in [1.54, 1.807) is 18.1 Å². The molecule has 1 aliphatic heterocycles. The van der Waals surface area contributed by atoms with Gasteiger partial charge in [-0.15, -0.1) is 11.8 Å². The van der Waals surface area contributed by atoms with E-state index < -0.39 is 0 Å². The molecule has 0 N–H and O–H groups in total. The Morgan fingerprint density at radius 1 is 0.944 bits per heavy atom. The molecule has 0 saturated carbocycles. The van der Waals surface area contributed by atoms with Crippen LogP contribution in [0.15, 0.2) is 96.2 Å². The van der Waals surface area contributed by atoms with Crippen LogP contribution in [0.3, 0.4) is 0 Å². The van der Waals surface area contributed by atoms with Crippen LogP contribution >= 0.6 is 11.8 Å². The number of carbonyl (C=O) groups is 2. The van der Waals surface area contributed by atoms with Gasteiger partial charge in [0, 0.05) is 42.5 Å². The van der Waals surface area contributed by atoms with Crippen molar-refractivity contribution in [1.29, 1.82) is 0 Å². The fraction of sp³-hybridized carbons (Fsp3) is 0.207. The van der Waals surface area contributed by atoms with Crippen molar-refractivity contribution in [3.63, 3.8) is 0 Å². The van der Waals surface area contributed by atoms with Gasteiger partial charge in [0.05, 0.1) is 24.1 Å². The fourth-order valence-corrected chi connectivity index (χ4v) is 5.40. The number of hydrogen-bond donors (Lipinski definition) is 0. The van der Waals surface area contributed by atoms with Gasteiger partial charge in [0.2, 0.25) is 5.91 Å². The highest BCUT2D eigenvalue weighted by Crippen LogP contribution is 2.30. The molecule has 0 saturated heterocycles. The molecular formula is C29H28N4O2S. The second-order valence-corrected chi connectivity index (χ2v) is 9.92. The van der Waals surface area contributed by atoms with Gasteiger partial charge >= 0.3 is 0 Å². The topological polar surface area (TPSA) is 58.4 Å². The lowest BCUT2D eigenvalue weighted by Crippen LogP contribution is -2.30. The summed E-state index contributed by atoms with van der Waals surface area (Å²) >= 11 is 1.42. The molecule has 0 atom stereocenters. The van der Waals surface area contributed by atoms with E-state index in [2.05, 4.69) is 23.3 Å². The first kappa shape index (κ1) is 23.9. The number of anilines is 1. The molecule has 7 heteroatoms. The van der Waals surface area contributed by atoms with E-state index in [0.717, 1.165) is 22.6 Å². The van der Waals surface area contributed by atoms with Gasteiger partial charge in [0.1, 0.15) is 0 Å². The van der Waals surface area contributed by atoms with Crippen LogP contribution in [0.5, 0.6) is 0 Å². The van der Waals surface area contributed by atoms with Crippen LogP contribution in [0.2, 0.25) is 0 Å². The molecule has 0 fully saturated rings. The standard InChI is InChI=1S/C29H28N4O2S/c1-31(18-23-17-30-32(20-23)19-22-9-3-2-4-10-22)29(35)25-12-6-8-14-27(25)36-21-28(34)33-16-15-24-11-5-7-13-26(24)33/h2-14,17,20H,15-16,18-19,21H2,1H3. The molecule has 182 valence electrons. The van der Waals surface area contributed by atoms with Gasteiger partial charge in [-0.05, 0) is 35.7 Å². The number of fused-ring (bicyclic) bond motifs is 1. The lowest BCUT2D eigenvalue weighted by Gasteiger charge is -2.19. The van der Waals surface area contributed by atoms with E-state index in [1.807, 2.05) is 76.4 Å². The summed E-state index contributed by atoms with van der Waals surface area (Å²) in [4.78, 5) is 30.7. The normalized spacial score (nSPS) is 12.4. The maximum atomic E-state index is 13.3. The monoisotopic (exact) mass is 496 g/mol. The van der Waals surface area contributed by atoms with Crippen molar-refractivity contribution in [2.24, 2.45) is 0 Å². The average molecular weight is 497 g/mol. The third kappa shape index (κ3) is 5.36. The summed E-state index contributed by atoms with van der Waals surface area (Å²) in [5.74, 6) is 0.272. The number of amides is 2. The molecule has 0 spiro atoms. The molecule has 1 aromatic heterocycles. The molecule has 0 radical (unpaired) electrons. The smallest absolute Gasteiger partial charge is 0.255 e. The predicted octanol–water partition coefficient (Wildman–Crippen LogP) is 4.89. The number of hydrogen-bond acceptors (Lipinski definition) is 4. The zero-order chi connectivity index (χ0) is 24.9. The van der Waals surface area contributed by atoms with Crippen LogP contribution in [-0.4, -0.2) is 45.8 Å². The molecule has 3 aromatic carbocycles. The third-order valence-electron chi connectivity index (χ3n) is 6.30. The Morgan fingerprint density at radius 3 is 2.56 bits per heavy atom. The highest BCUT2D eigenvalue weighted by molar-refractivity contribution is 8.00. The summed E-state index contributed by atoms with van der Waals surface area (Å²) in [7, 11) is 1.80. The second-order valence-electron chi connectivity index (χ2n) is 8.90. The lowest BCUT2D eigenvalue weighted by molar-refractivity contribution is -0.116. The number of thioether (sulfide) groups is 1. The molecule has 0 aliphatic carbocycles. The van der Waals surface area contributed by atoms with E-state index in [1.165, 1.54) is 22.9 Å². The summed E-state index contributed by atoms with van der Waals surface area (Å²) < 4.78 is 1.88. The summed E-state index contributed by atoms with van der Waals surface area (Å²) in [5.41, 5.74) is 4.96. The zero-order valence-corrected chi connectivity index (χ0v) is 21.0. The molecule has 2 heterocycles. The van der Waals surface area contributed by atoms with Gasteiger partial charge in [-0.25, -0.2) is 0 Å². The summed E-state index contributed by atoms with van der Waals surface area (Å²) in [5, 5.41) is 4.45. The van der Waals surface area contributed by atoms with Gasteiger partial charge in [-0.3, -0.25) is 14.3 Å². The Balaban J connectivity index is 1.21. The van der Waals surface area contributed by atoms with Crippen molar-refractivity contribution in [2.75, 3.05) is 24.2 Å². The van der Waals surface area contributed by atoms with Crippen LogP contribution in [0.25, 0.3) is 0 Å². The molecule has 36 heavy (non-hydrogen) atoms. The number of para-hydroxylation sites is 1. The van der Waals surface area contributed by atoms with E-state index in [9.17, 15) is 9.59 Å². The van der Waals surface area contributed by atoms with Crippen molar-refractivity contribution in [2.45, 2.75) is 24.4 Å². The Labute approximate surface area is 215 Å². The minimum atomic E-state index is -0.0760. The van der Waals surface area contributed by atoms with Crippen molar-refractivity contribution in [3.8, 4) is 0 Å². The Hall–Kier alpha value is -3.84. The fourth-order valence-electron chi connectivity index (χ4n) is 4.48. The quantitative estimate of drug-likeness (QED) is 0.326. The SMILES string of the molecule is CN(Cc1cnn(Cc2ccccc2)c1)C(=O)c1ccccc1SCC(=O)N1CCc2ccccc21. The van der Waals surface area contributed by atoms with E-state index in [-0.39, 0.29) is 17.6 Å². The van der Waals surface area contributed by atoms with Gasteiger partial charge in [-0.2, -0.15) is 5.10 Å². The number of rotatable bonds is 8. The zero-order valence-electron chi connectivity index (χ0n) is 20.2. The second kappa shape index (κ2) is 10.8. The van der Waals surface area contributed by atoms with Gasteiger partial charge in [0.25, 0.3) is 5.91 Å². The summed E-state index contributed by atoms with van der Waals surface area (Å²) in [6.45, 7) is 1.85. The summed E-state index contributed by atoms with van der Waals surface area (Å²) in [6.07, 6.45) is 4.66. The Bertz CT molecular complexity index is 1370. The highest BCUT2D eigenvalue weighted by Gasteiger charge is 2.25. The van der Waals surface area contributed by atoms with E-state index in [0.29, 0.717) is 25.2 Å². The van der Waals surface area contributed by atoms with E-state index >= 15 is 0 Å². The average Bonchev–Trinajstić information content (AvgIpc) is 3.54. The maximum absolute atomic E-state index is 13.3.